The number of nitro groups is 1. The predicted octanol–water partition coefficient (Wildman–Crippen LogP) is 4.80. The van der Waals surface area contributed by atoms with Gasteiger partial charge in [-0.15, -0.1) is 0 Å². The first-order chi connectivity index (χ1) is 22.1. The minimum Gasteiger partial charge on any atom is -0.508 e. The number of non-ortho nitro benzene ring substituents is 1. The van der Waals surface area contributed by atoms with Crippen molar-refractivity contribution >= 4 is 63.6 Å². The number of fused-ring (bicyclic) bond motifs is 2. The van der Waals surface area contributed by atoms with Gasteiger partial charge < -0.3 is 15.3 Å². The Morgan fingerprint density at radius 3 is 2.22 bits per heavy atom. The topological polar surface area (TPSA) is 155 Å². The molecule has 236 valence electrons. The molecule has 3 atom stereocenters. The summed E-state index contributed by atoms with van der Waals surface area (Å²) in [6.45, 7) is 5.40. The van der Waals surface area contributed by atoms with Crippen LogP contribution in [0, 0.1) is 16.0 Å². The molecule has 3 aromatic carbocycles. The molecule has 2 aliphatic rings. The van der Waals surface area contributed by atoms with Gasteiger partial charge in [0.15, 0.2) is 0 Å². The molecule has 2 aliphatic heterocycles. The highest BCUT2D eigenvalue weighted by Crippen LogP contribution is 2.54. The average Bonchev–Trinajstić information content (AvgIpc) is 3.49. The van der Waals surface area contributed by atoms with Crippen molar-refractivity contribution in [3.05, 3.63) is 103 Å². The standard InChI is InChI=1S/C32H29N5O7S2/c1-3-34(4-2)20-9-5-18(6-10-20)25-26-27(30(41)36(29(26)40)21-11-13-22(14-12-21)37(43)44)45-31-28(25)46-32(42)35(31)17-24(39)33-19-7-15-23(38)16-8-19/h5-16,25-27,38H,3-4,17H2,1-2H3,(H,33,39)/t25-,26?,27?/m1/s1. The number of benzene rings is 3. The third kappa shape index (κ3) is 5.54. The molecule has 14 heteroatoms. The van der Waals surface area contributed by atoms with Crippen LogP contribution in [0.1, 0.15) is 30.2 Å². The minimum atomic E-state index is -0.900. The van der Waals surface area contributed by atoms with Crippen LogP contribution in [-0.4, -0.2) is 50.7 Å². The maximum atomic E-state index is 14.1. The van der Waals surface area contributed by atoms with E-state index in [0.29, 0.717) is 15.6 Å². The summed E-state index contributed by atoms with van der Waals surface area (Å²) >= 11 is 2.04. The number of carbonyl (C=O) groups excluding carboxylic acids is 3. The second-order valence-corrected chi connectivity index (χ2v) is 12.9. The molecule has 6 rings (SSSR count). The number of nitrogens with zero attached hydrogens (tertiary/aromatic N) is 4. The lowest BCUT2D eigenvalue weighted by atomic mass is 9.83. The fourth-order valence-corrected chi connectivity index (χ4v) is 8.74. The summed E-state index contributed by atoms with van der Waals surface area (Å²) < 4.78 is 1.33. The van der Waals surface area contributed by atoms with Crippen molar-refractivity contribution in [3.63, 3.8) is 0 Å². The van der Waals surface area contributed by atoms with Crippen LogP contribution in [0.4, 0.5) is 22.7 Å². The summed E-state index contributed by atoms with van der Waals surface area (Å²) in [5.41, 5.74) is 2.24. The van der Waals surface area contributed by atoms with Gasteiger partial charge in [-0.2, -0.15) is 0 Å². The average molecular weight is 660 g/mol. The van der Waals surface area contributed by atoms with E-state index in [1.807, 2.05) is 24.3 Å². The molecule has 46 heavy (non-hydrogen) atoms. The number of aromatic nitrogens is 1. The van der Waals surface area contributed by atoms with Gasteiger partial charge in [-0.25, -0.2) is 4.90 Å². The Kier molecular flexibility index (Phi) is 8.40. The molecule has 3 amide bonds. The van der Waals surface area contributed by atoms with Crippen molar-refractivity contribution < 1.29 is 24.4 Å². The predicted molar refractivity (Wildman–Crippen MR) is 176 cm³/mol. The molecule has 2 unspecified atom stereocenters. The van der Waals surface area contributed by atoms with Gasteiger partial charge in [0.25, 0.3) is 5.69 Å². The number of carbonyl (C=O) groups is 3. The molecule has 1 saturated heterocycles. The Morgan fingerprint density at radius 1 is 0.957 bits per heavy atom. The fraction of sp³-hybridized carbons (Fsp3) is 0.250. The van der Waals surface area contributed by atoms with Crippen LogP contribution in [0.5, 0.6) is 5.75 Å². The van der Waals surface area contributed by atoms with Crippen LogP contribution < -0.4 is 20.0 Å². The Balaban J connectivity index is 1.40. The number of nitrogens with one attached hydrogen (secondary N) is 1. The zero-order valence-electron chi connectivity index (χ0n) is 24.8. The van der Waals surface area contributed by atoms with Gasteiger partial charge in [0.2, 0.25) is 17.7 Å². The fourth-order valence-electron chi connectivity index (χ4n) is 5.96. The van der Waals surface area contributed by atoms with Crippen LogP contribution >= 0.6 is 23.1 Å². The Bertz CT molecular complexity index is 1880. The molecule has 0 spiro atoms. The number of nitro benzene ring substituents is 1. The van der Waals surface area contributed by atoms with Crippen molar-refractivity contribution in [2.24, 2.45) is 5.92 Å². The van der Waals surface area contributed by atoms with E-state index >= 15 is 0 Å². The molecule has 1 aromatic heterocycles. The van der Waals surface area contributed by atoms with Crippen LogP contribution in [0.15, 0.2) is 82.6 Å². The smallest absolute Gasteiger partial charge is 0.308 e. The normalized spacial score (nSPS) is 18.7. The first-order valence-corrected chi connectivity index (χ1v) is 16.3. The lowest BCUT2D eigenvalue weighted by molar-refractivity contribution is -0.384. The van der Waals surface area contributed by atoms with E-state index in [0.717, 1.165) is 52.3 Å². The van der Waals surface area contributed by atoms with Crippen molar-refractivity contribution in [1.29, 1.82) is 0 Å². The zero-order valence-corrected chi connectivity index (χ0v) is 26.4. The lowest BCUT2D eigenvalue weighted by Crippen LogP contribution is -2.33. The molecule has 0 saturated carbocycles. The zero-order chi connectivity index (χ0) is 32.7. The van der Waals surface area contributed by atoms with Crippen LogP contribution in [0.25, 0.3) is 0 Å². The molecule has 4 aromatic rings. The van der Waals surface area contributed by atoms with E-state index in [1.165, 1.54) is 53.1 Å². The van der Waals surface area contributed by atoms with E-state index in [9.17, 15) is 34.4 Å². The van der Waals surface area contributed by atoms with Gasteiger partial charge in [0, 0.05) is 47.4 Å². The molecule has 3 heterocycles. The Morgan fingerprint density at radius 2 is 1.61 bits per heavy atom. The summed E-state index contributed by atoms with van der Waals surface area (Å²) in [5.74, 6) is -2.89. The maximum Gasteiger partial charge on any atom is 0.308 e. The third-order valence-corrected chi connectivity index (χ3v) is 10.8. The van der Waals surface area contributed by atoms with Crippen molar-refractivity contribution in [1.82, 2.24) is 4.57 Å². The summed E-state index contributed by atoms with van der Waals surface area (Å²) in [5, 5.41) is 23.0. The molecule has 12 nitrogen and oxygen atoms in total. The number of anilines is 3. The van der Waals surface area contributed by atoms with Crippen molar-refractivity contribution in [2.45, 2.75) is 36.6 Å². The summed E-state index contributed by atoms with van der Waals surface area (Å²) in [6.07, 6.45) is 0. The number of thioether (sulfide) groups is 1. The number of aromatic hydroxyl groups is 1. The first kappa shape index (κ1) is 31.0. The molecular weight excluding hydrogens is 631 g/mol. The number of amides is 3. The van der Waals surface area contributed by atoms with E-state index in [2.05, 4.69) is 24.1 Å². The van der Waals surface area contributed by atoms with Gasteiger partial charge in [-0.3, -0.25) is 33.9 Å². The van der Waals surface area contributed by atoms with Crippen LogP contribution in [0.2, 0.25) is 0 Å². The van der Waals surface area contributed by atoms with Crippen LogP contribution in [-0.2, 0) is 20.9 Å². The van der Waals surface area contributed by atoms with Crippen molar-refractivity contribution in [2.75, 3.05) is 28.2 Å². The maximum absolute atomic E-state index is 14.1. The van der Waals surface area contributed by atoms with Crippen LogP contribution in [0.3, 0.4) is 0 Å². The largest absolute Gasteiger partial charge is 0.508 e. The highest BCUT2D eigenvalue weighted by molar-refractivity contribution is 8.00. The number of phenolic OH excluding ortho intramolecular Hbond substituents is 1. The number of rotatable bonds is 9. The number of hydrogen-bond acceptors (Lipinski definition) is 10. The SMILES string of the molecule is CCN(CC)c1ccc([C@H]2c3sc(=O)n(CC(=O)Nc4ccc(O)cc4)c3SC3C(=O)N(c4ccc([N+](=O)[O-])cc4)C(=O)C32)cc1. The van der Waals surface area contributed by atoms with Gasteiger partial charge in [-0.05, 0) is 67.9 Å². The van der Waals surface area contributed by atoms with E-state index in [1.54, 1.807) is 0 Å². The van der Waals surface area contributed by atoms with Gasteiger partial charge in [0.05, 0.1) is 21.6 Å². The second-order valence-electron chi connectivity index (χ2n) is 10.8. The minimum absolute atomic E-state index is 0.0433. The van der Waals surface area contributed by atoms with E-state index in [4.69, 9.17) is 0 Å². The van der Waals surface area contributed by atoms with Gasteiger partial charge >= 0.3 is 4.87 Å². The summed E-state index contributed by atoms with van der Waals surface area (Å²) in [7, 11) is 0. The lowest BCUT2D eigenvalue weighted by Gasteiger charge is -2.31. The number of imide groups is 1. The summed E-state index contributed by atoms with van der Waals surface area (Å²) in [4.78, 5) is 68.6. The number of thiazole rings is 1. The third-order valence-electron chi connectivity index (χ3n) is 8.20. The molecular formula is C32H29N5O7S2. The molecule has 2 N–H and O–H groups in total. The number of phenols is 1. The second kappa shape index (κ2) is 12.4. The highest BCUT2D eigenvalue weighted by Gasteiger charge is 2.56. The van der Waals surface area contributed by atoms with E-state index < -0.39 is 44.6 Å². The van der Waals surface area contributed by atoms with E-state index in [-0.39, 0.29) is 23.7 Å². The molecule has 0 radical (unpaired) electrons. The Hall–Kier alpha value is -4.95. The molecule has 0 aliphatic carbocycles. The number of hydrogen-bond donors (Lipinski definition) is 2. The Labute approximate surface area is 271 Å². The van der Waals surface area contributed by atoms with Gasteiger partial charge in [-0.1, -0.05) is 35.2 Å². The van der Waals surface area contributed by atoms with Crippen molar-refractivity contribution in [3.8, 4) is 5.75 Å². The van der Waals surface area contributed by atoms with Gasteiger partial charge in [0.1, 0.15) is 17.5 Å². The highest BCUT2D eigenvalue weighted by atomic mass is 32.2. The first-order valence-electron chi connectivity index (χ1n) is 14.6. The molecule has 0 bridgehead atoms. The molecule has 1 fully saturated rings. The quantitative estimate of drug-likeness (QED) is 0.112. The monoisotopic (exact) mass is 659 g/mol. The summed E-state index contributed by atoms with van der Waals surface area (Å²) in [6, 6.07) is 18.9.